The van der Waals surface area contributed by atoms with Crippen LogP contribution in [0.2, 0.25) is 0 Å². The molecule has 0 radical (unpaired) electrons. The fraction of sp³-hybridized carbons (Fsp3) is 0.846. The van der Waals surface area contributed by atoms with Crippen molar-refractivity contribution in [3.05, 3.63) is 0 Å². The number of carbonyl (C=O) groups excluding carboxylic acids is 1. The number of amides is 2. The zero-order valence-corrected chi connectivity index (χ0v) is 12.1. The lowest BCUT2D eigenvalue weighted by atomic mass is 10.1. The number of rotatable bonds is 7. The summed E-state index contributed by atoms with van der Waals surface area (Å²) in [6.07, 6.45) is 2.18. The third-order valence-electron chi connectivity index (χ3n) is 3.34. The van der Waals surface area contributed by atoms with Crippen molar-refractivity contribution in [1.82, 2.24) is 10.2 Å². The van der Waals surface area contributed by atoms with Gasteiger partial charge in [-0.2, -0.15) is 0 Å². The maximum Gasteiger partial charge on any atom is 0.326 e. The number of carboxylic acids is 1. The predicted molar refractivity (Wildman–Crippen MR) is 71.5 cm³/mol. The fourth-order valence-corrected chi connectivity index (χ4v) is 1.55. The topological polar surface area (TPSA) is 69.6 Å². The maximum atomic E-state index is 11.9. The molecule has 106 valence electrons. The van der Waals surface area contributed by atoms with Crippen LogP contribution in [0.1, 0.15) is 47.0 Å². The van der Waals surface area contributed by atoms with Gasteiger partial charge >= 0.3 is 12.0 Å². The molecular weight excluding hydrogens is 232 g/mol. The minimum Gasteiger partial charge on any atom is -0.480 e. The number of unbranched alkanes of at least 4 members (excludes halogenated alkanes) is 1. The molecule has 2 atom stereocenters. The van der Waals surface area contributed by atoms with Gasteiger partial charge in [0.25, 0.3) is 0 Å². The number of nitrogens with one attached hydrogen (secondary N) is 1. The maximum absolute atomic E-state index is 11.9. The van der Waals surface area contributed by atoms with E-state index >= 15 is 0 Å². The summed E-state index contributed by atoms with van der Waals surface area (Å²) in [7, 11) is 1.69. The van der Waals surface area contributed by atoms with Gasteiger partial charge in [0.15, 0.2) is 0 Å². The molecule has 0 spiro atoms. The number of hydrogen-bond donors (Lipinski definition) is 2. The molecular formula is C13H26N2O3. The number of aliphatic carboxylic acids is 1. The quantitative estimate of drug-likeness (QED) is 0.736. The summed E-state index contributed by atoms with van der Waals surface area (Å²) in [4.78, 5) is 24.5. The molecule has 0 saturated heterocycles. The second-order valence-corrected chi connectivity index (χ2v) is 5.08. The van der Waals surface area contributed by atoms with Crippen LogP contribution in [0.4, 0.5) is 4.79 Å². The predicted octanol–water partition coefficient (Wildman–Crippen LogP) is 2.32. The highest BCUT2D eigenvalue weighted by atomic mass is 16.4. The Bertz CT molecular complexity index is 279. The van der Waals surface area contributed by atoms with Crippen molar-refractivity contribution in [2.45, 2.75) is 59.0 Å². The summed E-state index contributed by atoms with van der Waals surface area (Å²) in [6.45, 7) is 8.00. The van der Waals surface area contributed by atoms with Crippen LogP contribution in [0.5, 0.6) is 0 Å². The minimum atomic E-state index is -0.970. The SMILES string of the molecule is CCCC[C@H](NC(=O)N(C)C(C)C(C)C)C(=O)O. The first-order chi connectivity index (χ1) is 8.31. The highest BCUT2D eigenvalue weighted by molar-refractivity contribution is 5.82. The van der Waals surface area contributed by atoms with Crippen molar-refractivity contribution in [3.8, 4) is 0 Å². The van der Waals surface area contributed by atoms with E-state index in [1.807, 2.05) is 27.7 Å². The molecule has 0 fully saturated rings. The Balaban J connectivity index is 4.45. The molecule has 2 amide bonds. The summed E-state index contributed by atoms with van der Waals surface area (Å²) in [6, 6.07) is -1.04. The molecule has 0 bridgehead atoms. The Morgan fingerprint density at radius 3 is 2.22 bits per heavy atom. The van der Waals surface area contributed by atoms with Gasteiger partial charge < -0.3 is 15.3 Å². The summed E-state index contributed by atoms with van der Waals surface area (Å²) >= 11 is 0. The van der Waals surface area contributed by atoms with Crippen molar-refractivity contribution >= 4 is 12.0 Å². The van der Waals surface area contributed by atoms with Crippen LogP contribution in [0.25, 0.3) is 0 Å². The molecule has 0 saturated carbocycles. The Kier molecular flexibility index (Phi) is 7.39. The average molecular weight is 258 g/mol. The van der Waals surface area contributed by atoms with Crippen molar-refractivity contribution in [2.24, 2.45) is 5.92 Å². The lowest BCUT2D eigenvalue weighted by molar-refractivity contribution is -0.139. The lowest BCUT2D eigenvalue weighted by Crippen LogP contribution is -2.50. The van der Waals surface area contributed by atoms with Gasteiger partial charge in [0.05, 0.1) is 0 Å². The summed E-state index contributed by atoms with van der Waals surface area (Å²) in [5.41, 5.74) is 0. The molecule has 5 heteroatoms. The second kappa shape index (κ2) is 7.95. The van der Waals surface area contributed by atoms with Crippen LogP contribution in [0.15, 0.2) is 0 Å². The van der Waals surface area contributed by atoms with Gasteiger partial charge in [-0.1, -0.05) is 33.6 Å². The van der Waals surface area contributed by atoms with E-state index in [0.29, 0.717) is 12.3 Å². The first-order valence-electron chi connectivity index (χ1n) is 6.57. The highest BCUT2D eigenvalue weighted by Gasteiger charge is 2.24. The summed E-state index contributed by atoms with van der Waals surface area (Å²) in [5.74, 6) is -0.637. The molecule has 0 aliphatic heterocycles. The molecule has 0 aromatic heterocycles. The molecule has 5 nitrogen and oxygen atoms in total. The molecule has 18 heavy (non-hydrogen) atoms. The van der Waals surface area contributed by atoms with Gasteiger partial charge in [0.1, 0.15) is 6.04 Å². The van der Waals surface area contributed by atoms with Gasteiger partial charge in [-0.3, -0.25) is 0 Å². The standard InChI is InChI=1S/C13H26N2O3/c1-6-7-8-11(12(16)17)14-13(18)15(5)10(4)9(2)3/h9-11H,6-8H2,1-5H3,(H,14,18)(H,16,17)/t10?,11-/m0/s1. The van der Waals surface area contributed by atoms with E-state index in [1.165, 1.54) is 0 Å². The molecule has 0 aromatic carbocycles. The van der Waals surface area contributed by atoms with E-state index in [2.05, 4.69) is 5.32 Å². The number of carboxylic acid groups (broad SMARTS) is 1. The third-order valence-corrected chi connectivity index (χ3v) is 3.34. The fourth-order valence-electron chi connectivity index (χ4n) is 1.55. The number of nitrogens with zero attached hydrogens (tertiary/aromatic N) is 1. The van der Waals surface area contributed by atoms with Crippen LogP contribution >= 0.6 is 0 Å². The molecule has 0 aliphatic rings. The van der Waals surface area contributed by atoms with Crippen molar-refractivity contribution in [2.75, 3.05) is 7.05 Å². The van der Waals surface area contributed by atoms with Crippen molar-refractivity contribution < 1.29 is 14.7 Å². The summed E-state index contributed by atoms with van der Waals surface area (Å²) < 4.78 is 0. The zero-order chi connectivity index (χ0) is 14.3. The third kappa shape index (κ3) is 5.38. The van der Waals surface area contributed by atoms with Gasteiger partial charge in [-0.15, -0.1) is 0 Å². The molecule has 2 N–H and O–H groups in total. The Labute approximate surface area is 110 Å². The van der Waals surface area contributed by atoms with Crippen LogP contribution in [-0.2, 0) is 4.79 Å². The van der Waals surface area contributed by atoms with Crippen LogP contribution < -0.4 is 5.32 Å². The normalized spacial score (nSPS) is 14.1. The van der Waals surface area contributed by atoms with E-state index < -0.39 is 12.0 Å². The van der Waals surface area contributed by atoms with Crippen LogP contribution in [0, 0.1) is 5.92 Å². The van der Waals surface area contributed by atoms with E-state index in [-0.39, 0.29) is 12.1 Å². The smallest absolute Gasteiger partial charge is 0.326 e. The number of carbonyl (C=O) groups is 2. The van der Waals surface area contributed by atoms with Gasteiger partial charge in [-0.05, 0) is 19.3 Å². The van der Waals surface area contributed by atoms with Crippen LogP contribution in [0.3, 0.4) is 0 Å². The largest absolute Gasteiger partial charge is 0.480 e. The van der Waals surface area contributed by atoms with E-state index in [9.17, 15) is 9.59 Å². The Hall–Kier alpha value is -1.26. The van der Waals surface area contributed by atoms with Gasteiger partial charge in [0.2, 0.25) is 0 Å². The first-order valence-corrected chi connectivity index (χ1v) is 6.57. The molecule has 0 rings (SSSR count). The highest BCUT2D eigenvalue weighted by Crippen LogP contribution is 2.09. The van der Waals surface area contributed by atoms with Crippen molar-refractivity contribution in [1.29, 1.82) is 0 Å². The number of urea groups is 1. The van der Waals surface area contributed by atoms with Gasteiger partial charge in [0, 0.05) is 13.1 Å². The monoisotopic (exact) mass is 258 g/mol. The molecule has 0 heterocycles. The summed E-state index contributed by atoms with van der Waals surface area (Å²) in [5, 5.41) is 11.6. The van der Waals surface area contributed by atoms with Crippen molar-refractivity contribution in [3.63, 3.8) is 0 Å². The minimum absolute atomic E-state index is 0.0746. The zero-order valence-electron chi connectivity index (χ0n) is 12.1. The number of hydrogen-bond acceptors (Lipinski definition) is 2. The second-order valence-electron chi connectivity index (χ2n) is 5.08. The van der Waals surface area contributed by atoms with Crippen LogP contribution in [-0.4, -0.2) is 41.1 Å². The Morgan fingerprint density at radius 1 is 1.28 bits per heavy atom. The molecule has 0 aromatic rings. The van der Waals surface area contributed by atoms with E-state index in [1.54, 1.807) is 11.9 Å². The Morgan fingerprint density at radius 2 is 1.83 bits per heavy atom. The lowest BCUT2D eigenvalue weighted by Gasteiger charge is -2.29. The van der Waals surface area contributed by atoms with E-state index in [0.717, 1.165) is 12.8 Å². The molecule has 1 unspecified atom stereocenters. The first kappa shape index (κ1) is 16.7. The average Bonchev–Trinajstić information content (AvgIpc) is 2.31. The molecule has 0 aliphatic carbocycles. The van der Waals surface area contributed by atoms with E-state index in [4.69, 9.17) is 5.11 Å². The van der Waals surface area contributed by atoms with Gasteiger partial charge in [-0.25, -0.2) is 9.59 Å².